The molecule has 0 aromatic carbocycles. The third-order valence-corrected chi connectivity index (χ3v) is 11.0. The van der Waals surface area contributed by atoms with Crippen LogP contribution in [0.15, 0.2) is 11.6 Å². The standard InChI is InChI=1S/C31H50O4/c1-20(10-9-18-29(4,5)35-22(3)33)25-15-16-26-24-14-13-23-11-8-12-28(34-21(2)32)31(23,7)27(24)17-19-30(25,26)6/h13,20,24-28H,8-12,14-19H2,1-7H3/t20-,24+,25-,26+,27+,28+,30-,31+/m1/s1. The third kappa shape index (κ3) is 4.97. The van der Waals surface area contributed by atoms with Crippen molar-refractivity contribution in [2.45, 2.75) is 131 Å². The van der Waals surface area contributed by atoms with E-state index in [1.54, 1.807) is 12.5 Å². The minimum atomic E-state index is -0.369. The Kier molecular flexibility index (Phi) is 7.53. The first-order chi connectivity index (χ1) is 16.4. The lowest BCUT2D eigenvalue weighted by atomic mass is 9.46. The first-order valence-corrected chi connectivity index (χ1v) is 14.4. The Labute approximate surface area is 214 Å². The molecule has 0 aliphatic heterocycles. The summed E-state index contributed by atoms with van der Waals surface area (Å²) in [6, 6.07) is 0. The lowest BCUT2D eigenvalue weighted by molar-refractivity contribution is -0.162. The molecule has 0 heterocycles. The summed E-state index contributed by atoms with van der Waals surface area (Å²) in [7, 11) is 0. The molecule has 3 saturated carbocycles. The van der Waals surface area contributed by atoms with Gasteiger partial charge in [0.05, 0.1) is 0 Å². The summed E-state index contributed by atoms with van der Waals surface area (Å²) in [5.74, 6) is 3.32. The molecule has 0 aromatic heterocycles. The van der Waals surface area contributed by atoms with E-state index >= 15 is 0 Å². The summed E-state index contributed by atoms with van der Waals surface area (Å²) >= 11 is 0. The first kappa shape index (κ1) is 26.7. The highest BCUT2D eigenvalue weighted by molar-refractivity contribution is 5.66. The van der Waals surface area contributed by atoms with E-state index in [1.807, 2.05) is 13.8 Å². The molecule has 4 aliphatic rings. The van der Waals surface area contributed by atoms with Crippen molar-refractivity contribution in [3.8, 4) is 0 Å². The van der Waals surface area contributed by atoms with Crippen LogP contribution in [-0.2, 0) is 19.1 Å². The lowest BCUT2D eigenvalue weighted by Crippen LogP contribution is -2.55. The smallest absolute Gasteiger partial charge is 0.303 e. The zero-order valence-corrected chi connectivity index (χ0v) is 23.5. The molecule has 4 nitrogen and oxygen atoms in total. The molecular formula is C31H50O4. The molecule has 35 heavy (non-hydrogen) atoms. The Bertz CT molecular complexity index is 843. The van der Waals surface area contributed by atoms with Crippen LogP contribution in [0.2, 0.25) is 0 Å². The van der Waals surface area contributed by atoms with Crippen molar-refractivity contribution in [2.75, 3.05) is 0 Å². The van der Waals surface area contributed by atoms with Crippen LogP contribution >= 0.6 is 0 Å². The van der Waals surface area contributed by atoms with E-state index < -0.39 is 0 Å². The maximum Gasteiger partial charge on any atom is 0.303 e. The van der Waals surface area contributed by atoms with Crippen LogP contribution in [0.5, 0.6) is 0 Å². The van der Waals surface area contributed by atoms with Gasteiger partial charge in [-0.3, -0.25) is 9.59 Å². The van der Waals surface area contributed by atoms with Gasteiger partial charge in [-0.25, -0.2) is 0 Å². The molecule has 0 unspecified atom stereocenters. The molecule has 4 aliphatic carbocycles. The molecule has 8 atom stereocenters. The van der Waals surface area contributed by atoms with Crippen LogP contribution < -0.4 is 0 Å². The van der Waals surface area contributed by atoms with Gasteiger partial charge in [0.25, 0.3) is 0 Å². The van der Waals surface area contributed by atoms with E-state index in [9.17, 15) is 9.59 Å². The van der Waals surface area contributed by atoms with Crippen molar-refractivity contribution in [2.24, 2.45) is 40.4 Å². The fraction of sp³-hybridized carbons (Fsp3) is 0.871. The lowest BCUT2D eigenvalue weighted by Gasteiger charge is -2.59. The van der Waals surface area contributed by atoms with Crippen molar-refractivity contribution in [3.05, 3.63) is 11.6 Å². The summed E-state index contributed by atoms with van der Waals surface area (Å²) in [5.41, 5.74) is 1.66. The van der Waals surface area contributed by atoms with Gasteiger partial charge in [-0.05, 0) is 113 Å². The minimum Gasteiger partial charge on any atom is -0.462 e. The predicted molar refractivity (Wildman–Crippen MR) is 140 cm³/mol. The van der Waals surface area contributed by atoms with Crippen molar-refractivity contribution >= 4 is 11.9 Å². The molecule has 4 rings (SSSR count). The third-order valence-electron chi connectivity index (χ3n) is 11.0. The van der Waals surface area contributed by atoms with E-state index in [0.29, 0.717) is 17.3 Å². The zero-order valence-electron chi connectivity index (χ0n) is 23.5. The number of fused-ring (bicyclic) bond motifs is 5. The average molecular weight is 487 g/mol. The molecule has 0 amide bonds. The number of carbonyl (C=O) groups is 2. The molecule has 0 radical (unpaired) electrons. The summed E-state index contributed by atoms with van der Waals surface area (Å²) in [6.07, 6.45) is 15.7. The number of carbonyl (C=O) groups excluding carboxylic acids is 2. The second-order valence-electron chi connectivity index (χ2n) is 13.6. The topological polar surface area (TPSA) is 52.6 Å². The predicted octanol–water partition coefficient (Wildman–Crippen LogP) is 7.65. The van der Waals surface area contributed by atoms with E-state index in [1.165, 1.54) is 51.9 Å². The maximum absolute atomic E-state index is 12.0. The molecule has 198 valence electrons. The number of allylic oxidation sites excluding steroid dienone is 1. The van der Waals surface area contributed by atoms with E-state index in [-0.39, 0.29) is 29.1 Å². The van der Waals surface area contributed by atoms with Crippen LogP contribution in [0.25, 0.3) is 0 Å². The second-order valence-corrected chi connectivity index (χ2v) is 13.6. The maximum atomic E-state index is 12.0. The normalized spacial score (nSPS) is 39.5. The molecule has 4 heteroatoms. The van der Waals surface area contributed by atoms with Gasteiger partial charge in [-0.2, -0.15) is 0 Å². The Hall–Kier alpha value is -1.32. The van der Waals surface area contributed by atoms with E-state index in [2.05, 4.69) is 26.8 Å². The first-order valence-electron chi connectivity index (χ1n) is 14.4. The van der Waals surface area contributed by atoms with E-state index in [0.717, 1.165) is 43.4 Å². The molecule has 0 bridgehead atoms. The largest absolute Gasteiger partial charge is 0.462 e. The molecule has 0 aromatic rings. The van der Waals surface area contributed by atoms with Crippen LogP contribution in [0.4, 0.5) is 0 Å². The van der Waals surface area contributed by atoms with Crippen LogP contribution in [0, 0.1) is 40.4 Å². The number of rotatable bonds is 7. The van der Waals surface area contributed by atoms with Crippen molar-refractivity contribution in [1.29, 1.82) is 0 Å². The van der Waals surface area contributed by atoms with Gasteiger partial charge in [0.2, 0.25) is 0 Å². The monoisotopic (exact) mass is 486 g/mol. The highest BCUT2D eigenvalue weighted by atomic mass is 16.6. The number of hydrogen-bond acceptors (Lipinski definition) is 4. The number of hydrogen-bond donors (Lipinski definition) is 0. The highest BCUT2D eigenvalue weighted by Crippen LogP contribution is 2.67. The molecule has 0 saturated heterocycles. The van der Waals surface area contributed by atoms with Gasteiger partial charge in [0.1, 0.15) is 11.7 Å². The Morgan fingerprint density at radius 3 is 2.51 bits per heavy atom. The van der Waals surface area contributed by atoms with Gasteiger partial charge in [-0.1, -0.05) is 38.8 Å². The Morgan fingerprint density at radius 2 is 1.83 bits per heavy atom. The fourth-order valence-electron chi connectivity index (χ4n) is 9.54. The fourth-order valence-corrected chi connectivity index (χ4v) is 9.54. The molecular weight excluding hydrogens is 436 g/mol. The van der Waals surface area contributed by atoms with Crippen LogP contribution in [0.1, 0.15) is 119 Å². The van der Waals surface area contributed by atoms with Gasteiger partial charge < -0.3 is 9.47 Å². The van der Waals surface area contributed by atoms with Crippen LogP contribution in [-0.4, -0.2) is 23.6 Å². The van der Waals surface area contributed by atoms with Crippen molar-refractivity contribution in [3.63, 3.8) is 0 Å². The Balaban J connectivity index is 1.46. The molecule has 0 N–H and O–H groups in total. The van der Waals surface area contributed by atoms with Crippen molar-refractivity contribution in [1.82, 2.24) is 0 Å². The van der Waals surface area contributed by atoms with Gasteiger partial charge >= 0.3 is 11.9 Å². The van der Waals surface area contributed by atoms with Crippen molar-refractivity contribution < 1.29 is 19.1 Å². The SMILES string of the molecule is CC(=O)O[C@H]1CCCC2=CC[C@H]3[C@@H]4CC[C@H]([C@H](C)CCCC(C)(C)OC(C)=O)[C@@]4(C)CC[C@@H]3[C@]21C. The summed E-state index contributed by atoms with van der Waals surface area (Å²) in [6.45, 7) is 14.7. The van der Waals surface area contributed by atoms with Gasteiger partial charge in [0, 0.05) is 19.3 Å². The zero-order chi connectivity index (χ0) is 25.6. The van der Waals surface area contributed by atoms with Gasteiger partial charge in [0.15, 0.2) is 0 Å². The van der Waals surface area contributed by atoms with E-state index in [4.69, 9.17) is 9.47 Å². The number of ether oxygens (including phenoxy) is 2. The molecule has 3 fully saturated rings. The second kappa shape index (κ2) is 9.86. The minimum absolute atomic E-state index is 0.0279. The van der Waals surface area contributed by atoms with Gasteiger partial charge in [-0.15, -0.1) is 0 Å². The summed E-state index contributed by atoms with van der Waals surface area (Å²) in [5, 5.41) is 0. The molecule has 0 spiro atoms. The summed E-state index contributed by atoms with van der Waals surface area (Å²) in [4.78, 5) is 23.4. The quantitative estimate of drug-likeness (QED) is 0.274. The van der Waals surface area contributed by atoms with Crippen LogP contribution in [0.3, 0.4) is 0 Å². The average Bonchev–Trinajstić information content (AvgIpc) is 3.10. The number of esters is 2. The highest BCUT2D eigenvalue weighted by Gasteiger charge is 2.61. The summed E-state index contributed by atoms with van der Waals surface area (Å²) < 4.78 is 11.5. The Morgan fingerprint density at radius 1 is 1.09 bits per heavy atom.